The first-order valence-electron chi connectivity index (χ1n) is 8.76. The van der Waals surface area contributed by atoms with Crippen LogP contribution in [0.1, 0.15) is 12.8 Å². The third kappa shape index (κ3) is 4.48. The number of nitrogens with one attached hydrogen (secondary N) is 1. The number of methoxy groups -OCH3 is 3. The molecule has 0 aliphatic carbocycles. The lowest BCUT2D eigenvalue weighted by molar-refractivity contribution is -0.929. The van der Waals surface area contributed by atoms with Crippen LogP contribution in [-0.2, 0) is 16.2 Å². The summed E-state index contributed by atoms with van der Waals surface area (Å²) in [5, 5.41) is 4.52. The smallest absolute Gasteiger partial charge is 0.309 e. The number of rotatable bonds is 6. The molecule has 0 atom stereocenters. The minimum absolute atomic E-state index is 0.0103. The van der Waals surface area contributed by atoms with Crippen LogP contribution in [-0.4, -0.2) is 50.2 Å². The Labute approximate surface area is 162 Å². The Morgan fingerprint density at radius 1 is 1.22 bits per heavy atom. The first-order valence-corrected chi connectivity index (χ1v) is 9.17. The van der Waals surface area contributed by atoms with Crippen LogP contribution >= 0.6 is 12.2 Å². The molecular weight excluding hydrogens is 370 g/mol. The van der Waals surface area contributed by atoms with E-state index in [9.17, 15) is 4.79 Å². The highest BCUT2D eigenvalue weighted by atomic mass is 32.1. The lowest BCUT2D eigenvalue weighted by atomic mass is 9.97. The Hall–Kier alpha value is -2.39. The molecule has 1 aliphatic heterocycles. The zero-order chi connectivity index (χ0) is 19.4. The number of carbonyl (C=O) groups is 1. The zero-order valence-corrected chi connectivity index (χ0v) is 16.5. The van der Waals surface area contributed by atoms with Crippen molar-refractivity contribution < 1.29 is 28.3 Å². The number of ether oxygens (including phenoxy) is 3. The van der Waals surface area contributed by atoms with Gasteiger partial charge in [-0.05, 0) is 24.4 Å². The van der Waals surface area contributed by atoms with E-state index in [2.05, 4.69) is 5.10 Å². The van der Waals surface area contributed by atoms with Crippen LogP contribution in [0, 0.1) is 10.8 Å². The summed E-state index contributed by atoms with van der Waals surface area (Å²) in [6.45, 7) is 2.31. The highest BCUT2D eigenvalue weighted by molar-refractivity contribution is 7.71. The van der Waals surface area contributed by atoms with Gasteiger partial charge in [-0.1, -0.05) is 0 Å². The zero-order valence-electron chi connectivity index (χ0n) is 15.7. The number of hydrogen-bond donors (Lipinski definition) is 1. The van der Waals surface area contributed by atoms with E-state index in [4.69, 9.17) is 30.8 Å². The molecule has 0 saturated carbocycles. The van der Waals surface area contributed by atoms with Crippen molar-refractivity contribution in [1.82, 2.24) is 9.78 Å². The van der Waals surface area contributed by atoms with Crippen molar-refractivity contribution in [2.24, 2.45) is 5.92 Å². The second-order valence-electron chi connectivity index (χ2n) is 6.48. The van der Waals surface area contributed by atoms with Crippen molar-refractivity contribution in [3.05, 3.63) is 23.0 Å². The summed E-state index contributed by atoms with van der Waals surface area (Å²) in [7, 11) is 4.62. The number of hydrogen-bond acceptors (Lipinski definition) is 7. The Bertz CT molecular complexity index is 833. The summed E-state index contributed by atoms with van der Waals surface area (Å²) < 4.78 is 22.8. The van der Waals surface area contributed by atoms with Gasteiger partial charge in [0.05, 0.1) is 40.3 Å². The Morgan fingerprint density at radius 2 is 1.85 bits per heavy atom. The van der Waals surface area contributed by atoms with Crippen LogP contribution in [0.15, 0.2) is 22.6 Å². The average molecular weight is 394 g/mol. The van der Waals surface area contributed by atoms with E-state index in [1.165, 1.54) is 12.0 Å². The Kier molecular flexibility index (Phi) is 6.12. The predicted octanol–water partition coefficient (Wildman–Crippen LogP) is 1.32. The van der Waals surface area contributed by atoms with Gasteiger partial charge < -0.3 is 23.5 Å². The first kappa shape index (κ1) is 19.4. The van der Waals surface area contributed by atoms with Crippen LogP contribution < -0.4 is 14.4 Å². The maximum Gasteiger partial charge on any atom is 0.309 e. The van der Waals surface area contributed by atoms with Gasteiger partial charge in [0.1, 0.15) is 11.5 Å². The summed E-state index contributed by atoms with van der Waals surface area (Å²) in [5.74, 6) is 1.58. The van der Waals surface area contributed by atoms with Crippen molar-refractivity contribution >= 4 is 18.2 Å². The fourth-order valence-corrected chi connectivity index (χ4v) is 3.44. The maximum absolute atomic E-state index is 11.6. The van der Waals surface area contributed by atoms with Gasteiger partial charge in [0.2, 0.25) is 5.89 Å². The number of esters is 1. The van der Waals surface area contributed by atoms with Crippen LogP contribution in [0.25, 0.3) is 11.5 Å². The number of nitrogens with zero attached hydrogens (tertiary/aromatic N) is 2. The third-order valence-electron chi connectivity index (χ3n) is 4.81. The number of quaternary nitrogens is 1. The molecule has 0 unspecified atom stereocenters. The summed E-state index contributed by atoms with van der Waals surface area (Å²) in [6, 6.07) is 5.43. The quantitative estimate of drug-likeness (QED) is 0.585. The number of likely N-dealkylation sites (tertiary alicyclic amines) is 1. The molecule has 0 amide bonds. The van der Waals surface area contributed by atoms with Gasteiger partial charge in [0.15, 0.2) is 6.67 Å². The molecule has 9 heteroatoms. The Morgan fingerprint density at radius 3 is 2.41 bits per heavy atom. The van der Waals surface area contributed by atoms with E-state index in [0.717, 1.165) is 31.5 Å². The van der Waals surface area contributed by atoms with Gasteiger partial charge in [-0.2, -0.15) is 4.68 Å². The standard InChI is InChI=1S/C18H23N3O5S/c1-23-14-8-13(9-15(10-14)24-2)16-19-21(18(27)26-16)11-20-6-4-12(5-7-20)17(22)25-3/h8-10,12H,4-7,11H2,1-3H3/p+1. The van der Waals surface area contributed by atoms with Crippen LogP contribution in [0.2, 0.25) is 0 Å². The molecule has 1 aliphatic rings. The highest BCUT2D eigenvalue weighted by Crippen LogP contribution is 2.28. The first-order chi connectivity index (χ1) is 13.0. The van der Waals surface area contributed by atoms with Crippen molar-refractivity contribution in [3.8, 4) is 23.0 Å². The molecule has 1 aromatic heterocycles. The van der Waals surface area contributed by atoms with Crippen LogP contribution in [0.4, 0.5) is 0 Å². The van der Waals surface area contributed by atoms with E-state index < -0.39 is 0 Å². The van der Waals surface area contributed by atoms with Gasteiger partial charge in [-0.25, -0.2) is 0 Å². The molecule has 2 heterocycles. The fourth-order valence-electron chi connectivity index (χ4n) is 3.25. The van der Waals surface area contributed by atoms with Crippen LogP contribution in [0.3, 0.4) is 0 Å². The van der Waals surface area contributed by atoms with Gasteiger partial charge >= 0.3 is 5.97 Å². The van der Waals surface area contributed by atoms with E-state index in [-0.39, 0.29) is 11.9 Å². The molecule has 0 spiro atoms. The molecule has 1 saturated heterocycles. The normalized spacial score (nSPS) is 19.5. The van der Waals surface area contributed by atoms with Gasteiger partial charge in [0, 0.05) is 24.5 Å². The number of carbonyl (C=O) groups excluding carboxylic acids is 1. The molecule has 2 aromatic rings. The topological polar surface area (TPSA) is 80.2 Å². The molecular formula is C18H24N3O5S+. The molecule has 3 rings (SSSR count). The molecule has 0 bridgehead atoms. The van der Waals surface area contributed by atoms with Gasteiger partial charge in [-0.15, -0.1) is 5.10 Å². The molecule has 1 N–H and O–H groups in total. The minimum Gasteiger partial charge on any atom is -0.497 e. The molecule has 8 nitrogen and oxygen atoms in total. The summed E-state index contributed by atoms with van der Waals surface area (Å²) >= 11 is 5.33. The molecule has 1 aromatic carbocycles. The summed E-state index contributed by atoms with van der Waals surface area (Å²) in [5.41, 5.74) is 0.732. The average Bonchev–Trinajstić information content (AvgIpc) is 3.07. The molecule has 27 heavy (non-hydrogen) atoms. The second kappa shape index (κ2) is 8.53. The maximum atomic E-state index is 11.6. The number of piperidine rings is 1. The summed E-state index contributed by atoms with van der Waals surface area (Å²) in [6.07, 6.45) is 1.60. The lowest BCUT2D eigenvalue weighted by Crippen LogP contribution is -3.12. The Balaban J connectivity index is 1.72. The highest BCUT2D eigenvalue weighted by Gasteiger charge is 2.28. The van der Waals surface area contributed by atoms with E-state index in [1.807, 2.05) is 12.1 Å². The predicted molar refractivity (Wildman–Crippen MR) is 99.3 cm³/mol. The van der Waals surface area contributed by atoms with E-state index >= 15 is 0 Å². The lowest BCUT2D eigenvalue weighted by Gasteiger charge is -2.27. The molecule has 0 radical (unpaired) electrons. The fraction of sp³-hybridized carbons (Fsp3) is 0.500. The van der Waals surface area contributed by atoms with Gasteiger partial charge in [0.25, 0.3) is 4.84 Å². The number of benzene rings is 1. The van der Waals surface area contributed by atoms with Crippen LogP contribution in [0.5, 0.6) is 11.5 Å². The molecule has 1 fully saturated rings. The number of aromatic nitrogens is 2. The second-order valence-corrected chi connectivity index (χ2v) is 6.83. The van der Waals surface area contributed by atoms with Crippen molar-refractivity contribution in [1.29, 1.82) is 0 Å². The van der Waals surface area contributed by atoms with E-state index in [1.54, 1.807) is 25.0 Å². The third-order valence-corrected chi connectivity index (χ3v) is 5.10. The minimum atomic E-state index is -0.124. The monoisotopic (exact) mass is 394 g/mol. The largest absolute Gasteiger partial charge is 0.497 e. The van der Waals surface area contributed by atoms with Gasteiger partial charge in [-0.3, -0.25) is 4.79 Å². The summed E-state index contributed by atoms with van der Waals surface area (Å²) in [4.78, 5) is 13.3. The SMILES string of the molecule is COC(=O)C1CC[NH+](Cn2nc(-c3cc(OC)cc(OC)c3)oc2=S)CC1. The molecule has 146 valence electrons. The van der Waals surface area contributed by atoms with Crippen molar-refractivity contribution in [2.75, 3.05) is 34.4 Å². The van der Waals surface area contributed by atoms with Crippen molar-refractivity contribution in [2.45, 2.75) is 19.5 Å². The van der Waals surface area contributed by atoms with Crippen molar-refractivity contribution in [3.63, 3.8) is 0 Å². The van der Waals surface area contributed by atoms with E-state index in [0.29, 0.717) is 28.9 Å².